The Kier molecular flexibility index (Phi) is 5.88. The zero-order valence-electron chi connectivity index (χ0n) is 14.7. The lowest BCUT2D eigenvalue weighted by Gasteiger charge is -2.11. The van der Waals surface area contributed by atoms with Crippen molar-refractivity contribution in [2.45, 2.75) is 6.42 Å². The number of benzene rings is 2. The van der Waals surface area contributed by atoms with Crippen LogP contribution in [0.5, 0.6) is 0 Å². The van der Waals surface area contributed by atoms with Gasteiger partial charge in [-0.25, -0.2) is 18.7 Å². The Hall–Kier alpha value is -4.15. The number of carbonyl (C=O) groups is 1. The SMILES string of the molecule is O=C(Cc1ccccc1)NNc1ncnc(Nc2ccc(F)cc2F)c1[N+](=O)[O-]. The number of hydrogen-bond acceptors (Lipinski definition) is 7. The Morgan fingerprint density at radius 2 is 1.79 bits per heavy atom. The number of hydrogen-bond donors (Lipinski definition) is 3. The fourth-order valence-electron chi connectivity index (χ4n) is 2.41. The summed E-state index contributed by atoms with van der Waals surface area (Å²) in [7, 11) is 0. The van der Waals surface area contributed by atoms with Crippen LogP contribution >= 0.6 is 0 Å². The highest BCUT2D eigenvalue weighted by Gasteiger charge is 2.24. The second kappa shape index (κ2) is 8.69. The Bertz CT molecular complexity index is 1050. The predicted octanol–water partition coefficient (Wildman–Crippen LogP) is 3.09. The maximum Gasteiger partial charge on any atom is 0.355 e. The summed E-state index contributed by atoms with van der Waals surface area (Å²) in [5, 5.41) is 13.9. The number of aromatic nitrogens is 2. The highest BCUT2D eigenvalue weighted by molar-refractivity contribution is 5.81. The van der Waals surface area contributed by atoms with Crippen molar-refractivity contribution in [3.63, 3.8) is 0 Å². The molecule has 2 aromatic carbocycles. The van der Waals surface area contributed by atoms with E-state index in [0.717, 1.165) is 24.0 Å². The van der Waals surface area contributed by atoms with E-state index in [1.807, 2.05) is 6.07 Å². The van der Waals surface area contributed by atoms with Gasteiger partial charge in [0.05, 0.1) is 17.0 Å². The highest BCUT2D eigenvalue weighted by atomic mass is 19.1. The molecule has 0 aliphatic carbocycles. The number of anilines is 3. The first-order valence-corrected chi connectivity index (χ1v) is 8.24. The zero-order valence-corrected chi connectivity index (χ0v) is 14.7. The quantitative estimate of drug-likeness (QED) is 0.411. The van der Waals surface area contributed by atoms with Crippen LogP contribution in [0.1, 0.15) is 5.56 Å². The average molecular weight is 400 g/mol. The van der Waals surface area contributed by atoms with Gasteiger partial charge in [0.15, 0.2) is 0 Å². The van der Waals surface area contributed by atoms with Crippen molar-refractivity contribution < 1.29 is 18.5 Å². The summed E-state index contributed by atoms with van der Waals surface area (Å²) >= 11 is 0. The smallest absolute Gasteiger partial charge is 0.332 e. The molecule has 29 heavy (non-hydrogen) atoms. The molecular formula is C18H14F2N6O3. The fraction of sp³-hybridized carbons (Fsp3) is 0.0556. The van der Waals surface area contributed by atoms with Crippen molar-refractivity contribution in [1.29, 1.82) is 0 Å². The maximum absolute atomic E-state index is 13.8. The molecule has 1 heterocycles. The van der Waals surface area contributed by atoms with Gasteiger partial charge in [-0.2, -0.15) is 0 Å². The first-order chi connectivity index (χ1) is 13.9. The van der Waals surface area contributed by atoms with Crippen LogP contribution in [-0.4, -0.2) is 20.8 Å². The van der Waals surface area contributed by atoms with Crippen molar-refractivity contribution >= 4 is 28.9 Å². The Morgan fingerprint density at radius 1 is 1.07 bits per heavy atom. The van der Waals surface area contributed by atoms with Crippen LogP contribution in [0.15, 0.2) is 54.9 Å². The fourth-order valence-corrected chi connectivity index (χ4v) is 2.41. The lowest BCUT2D eigenvalue weighted by Crippen LogP contribution is -2.31. The van der Waals surface area contributed by atoms with E-state index in [9.17, 15) is 23.7 Å². The highest BCUT2D eigenvalue weighted by Crippen LogP contribution is 2.31. The topological polar surface area (TPSA) is 122 Å². The van der Waals surface area contributed by atoms with Crippen LogP contribution in [0.25, 0.3) is 0 Å². The van der Waals surface area contributed by atoms with Crippen LogP contribution < -0.4 is 16.2 Å². The van der Waals surface area contributed by atoms with Gasteiger partial charge >= 0.3 is 5.69 Å². The molecule has 0 saturated carbocycles. The second-order valence-electron chi connectivity index (χ2n) is 5.76. The minimum atomic E-state index is -0.955. The van der Waals surface area contributed by atoms with E-state index in [-0.39, 0.29) is 23.7 Å². The minimum absolute atomic E-state index is 0.0403. The van der Waals surface area contributed by atoms with Crippen molar-refractivity contribution in [2.75, 3.05) is 10.7 Å². The molecule has 1 amide bonds. The second-order valence-corrected chi connectivity index (χ2v) is 5.76. The first-order valence-electron chi connectivity index (χ1n) is 8.24. The molecule has 3 N–H and O–H groups in total. The van der Waals surface area contributed by atoms with Gasteiger partial charge in [0.2, 0.25) is 17.5 Å². The van der Waals surface area contributed by atoms with Gasteiger partial charge in [0, 0.05) is 6.07 Å². The van der Waals surface area contributed by atoms with Gasteiger partial charge in [-0.3, -0.25) is 25.8 Å². The lowest BCUT2D eigenvalue weighted by molar-refractivity contribution is -0.383. The predicted molar refractivity (Wildman–Crippen MR) is 100 cm³/mol. The van der Waals surface area contributed by atoms with Gasteiger partial charge in [0.1, 0.15) is 18.0 Å². The number of nitrogens with zero attached hydrogens (tertiary/aromatic N) is 3. The van der Waals surface area contributed by atoms with Crippen molar-refractivity contribution in [3.05, 3.63) is 82.2 Å². The summed E-state index contributed by atoms with van der Waals surface area (Å²) in [4.78, 5) is 30.2. The third kappa shape index (κ3) is 4.97. The lowest BCUT2D eigenvalue weighted by atomic mass is 10.1. The molecule has 3 aromatic rings. The molecule has 3 rings (SSSR count). The summed E-state index contributed by atoms with van der Waals surface area (Å²) in [5.41, 5.74) is 4.60. The largest absolute Gasteiger partial charge is 0.355 e. The van der Waals surface area contributed by atoms with Crippen LogP contribution in [-0.2, 0) is 11.2 Å². The summed E-state index contributed by atoms with van der Waals surface area (Å²) < 4.78 is 26.9. The van der Waals surface area contributed by atoms with Crippen LogP contribution in [0.4, 0.5) is 31.8 Å². The molecule has 0 fully saturated rings. The summed E-state index contributed by atoms with van der Waals surface area (Å²) in [6, 6.07) is 11.6. The minimum Gasteiger partial charge on any atom is -0.332 e. The monoisotopic (exact) mass is 400 g/mol. The third-order valence-electron chi connectivity index (χ3n) is 3.72. The van der Waals surface area contributed by atoms with E-state index >= 15 is 0 Å². The van der Waals surface area contributed by atoms with Gasteiger partial charge in [0.25, 0.3) is 0 Å². The molecule has 11 heteroatoms. The molecule has 0 radical (unpaired) electrons. The van der Waals surface area contributed by atoms with Crippen molar-refractivity contribution in [3.8, 4) is 0 Å². The van der Waals surface area contributed by atoms with Crippen LogP contribution in [0, 0.1) is 21.7 Å². The maximum atomic E-state index is 13.8. The molecule has 0 aliphatic heterocycles. The van der Waals surface area contributed by atoms with Gasteiger partial charge in [-0.15, -0.1) is 0 Å². The van der Waals surface area contributed by atoms with E-state index in [4.69, 9.17) is 0 Å². The van der Waals surface area contributed by atoms with E-state index < -0.39 is 28.2 Å². The Labute approximate surface area is 162 Å². The molecule has 1 aromatic heterocycles. The van der Waals surface area contributed by atoms with Crippen molar-refractivity contribution in [1.82, 2.24) is 15.4 Å². The van der Waals surface area contributed by atoms with Crippen molar-refractivity contribution in [2.24, 2.45) is 0 Å². The first kappa shape index (κ1) is 19.6. The number of hydrazine groups is 1. The normalized spacial score (nSPS) is 10.3. The Morgan fingerprint density at radius 3 is 2.48 bits per heavy atom. The molecule has 0 atom stereocenters. The number of carbonyl (C=O) groups excluding carboxylic acids is 1. The van der Waals surface area contributed by atoms with Gasteiger partial charge in [-0.05, 0) is 17.7 Å². The molecule has 0 saturated heterocycles. The number of nitrogens with one attached hydrogen (secondary N) is 3. The van der Waals surface area contributed by atoms with E-state index in [1.54, 1.807) is 24.3 Å². The average Bonchev–Trinajstić information content (AvgIpc) is 2.69. The Balaban J connectivity index is 1.77. The van der Waals surface area contributed by atoms with E-state index in [0.29, 0.717) is 6.07 Å². The number of nitro groups is 1. The number of rotatable bonds is 7. The van der Waals surface area contributed by atoms with Gasteiger partial charge in [-0.1, -0.05) is 30.3 Å². The van der Waals surface area contributed by atoms with Crippen LogP contribution in [0.3, 0.4) is 0 Å². The number of halogens is 2. The molecule has 148 valence electrons. The zero-order chi connectivity index (χ0) is 20.8. The summed E-state index contributed by atoms with van der Waals surface area (Å²) in [6.07, 6.45) is 1.03. The summed E-state index contributed by atoms with van der Waals surface area (Å²) in [5.74, 6) is -2.85. The molecule has 0 spiro atoms. The summed E-state index contributed by atoms with van der Waals surface area (Å²) in [6.45, 7) is 0. The molecule has 9 nitrogen and oxygen atoms in total. The van der Waals surface area contributed by atoms with Gasteiger partial charge < -0.3 is 5.32 Å². The number of amides is 1. The standard InChI is InChI=1S/C18H14F2N6O3/c19-12-6-7-14(13(20)9-12)23-17-16(26(28)29)18(22-10-21-17)25-24-15(27)8-11-4-2-1-3-5-11/h1-7,9-10H,8H2,(H,24,27)(H2,21,22,23,25). The molecule has 0 bridgehead atoms. The van der Waals surface area contributed by atoms with Crippen LogP contribution in [0.2, 0.25) is 0 Å². The molecule has 0 unspecified atom stereocenters. The molecular weight excluding hydrogens is 386 g/mol. The molecule has 0 aliphatic rings. The third-order valence-corrected chi connectivity index (χ3v) is 3.72. The van der Waals surface area contributed by atoms with E-state index in [1.165, 1.54) is 0 Å². The van der Waals surface area contributed by atoms with E-state index in [2.05, 4.69) is 26.1 Å².